The quantitative estimate of drug-likeness (QED) is 0.175. The van der Waals surface area contributed by atoms with Crippen molar-refractivity contribution in [2.75, 3.05) is 26.2 Å². The molecule has 6 nitrogen and oxygen atoms in total. The molecule has 1 aliphatic heterocycles. The molecule has 27 heavy (non-hydrogen) atoms. The van der Waals surface area contributed by atoms with Gasteiger partial charge in [-0.3, -0.25) is 19.5 Å². The second-order valence-corrected chi connectivity index (χ2v) is 6.41. The second-order valence-electron chi connectivity index (χ2n) is 6.41. The molecule has 0 saturated carbocycles. The zero-order valence-electron chi connectivity index (χ0n) is 16.3. The second kappa shape index (κ2) is 12.7. The Balaban J connectivity index is 0.00000364. The van der Waals surface area contributed by atoms with Crippen molar-refractivity contribution in [3.63, 3.8) is 0 Å². The molecule has 2 N–H and O–H groups in total. The third-order valence-corrected chi connectivity index (χ3v) is 4.35. The van der Waals surface area contributed by atoms with E-state index in [0.717, 1.165) is 44.9 Å². The number of aliphatic imine (C=N–C) groups is 1. The number of carbonyl (C=O) groups is 2. The Morgan fingerprint density at radius 1 is 0.963 bits per heavy atom. The third-order valence-electron chi connectivity index (χ3n) is 4.35. The van der Waals surface area contributed by atoms with Crippen molar-refractivity contribution in [1.29, 1.82) is 0 Å². The van der Waals surface area contributed by atoms with Crippen LogP contribution in [0.1, 0.15) is 66.7 Å². The van der Waals surface area contributed by atoms with Crippen LogP contribution in [-0.2, 0) is 0 Å². The number of nitrogens with zero attached hydrogens (tertiary/aromatic N) is 2. The summed E-state index contributed by atoms with van der Waals surface area (Å²) in [6.07, 6.45) is 5.13. The minimum atomic E-state index is -0.176. The van der Waals surface area contributed by atoms with Gasteiger partial charge in [0.15, 0.2) is 5.96 Å². The van der Waals surface area contributed by atoms with Crippen molar-refractivity contribution in [2.45, 2.75) is 46.0 Å². The molecule has 0 aromatic heterocycles. The van der Waals surface area contributed by atoms with Crippen LogP contribution in [0.2, 0.25) is 0 Å². The highest BCUT2D eigenvalue weighted by Gasteiger charge is 2.34. The van der Waals surface area contributed by atoms with Crippen LogP contribution in [0.3, 0.4) is 0 Å². The van der Waals surface area contributed by atoms with Gasteiger partial charge in [0, 0.05) is 26.2 Å². The van der Waals surface area contributed by atoms with Crippen LogP contribution in [-0.4, -0.2) is 48.9 Å². The number of amides is 2. The Bertz CT molecular complexity index is 614. The van der Waals surface area contributed by atoms with E-state index in [9.17, 15) is 9.59 Å². The average Bonchev–Trinajstić information content (AvgIpc) is 2.90. The summed E-state index contributed by atoms with van der Waals surface area (Å²) in [4.78, 5) is 30.5. The van der Waals surface area contributed by atoms with E-state index in [2.05, 4.69) is 22.5 Å². The fourth-order valence-corrected chi connectivity index (χ4v) is 2.94. The Kier molecular flexibility index (Phi) is 11.0. The van der Waals surface area contributed by atoms with Gasteiger partial charge in [-0.2, -0.15) is 0 Å². The number of fused-ring (bicyclic) bond motifs is 1. The van der Waals surface area contributed by atoms with Gasteiger partial charge in [0.05, 0.1) is 11.1 Å². The van der Waals surface area contributed by atoms with E-state index in [1.807, 2.05) is 6.92 Å². The Hall–Kier alpha value is -1.64. The summed E-state index contributed by atoms with van der Waals surface area (Å²) in [6.45, 7) is 7.11. The van der Waals surface area contributed by atoms with Gasteiger partial charge in [-0.1, -0.05) is 31.9 Å². The standard InChI is InChI=1S/C20H30N4O2.HI/c1-3-5-8-13-22-20(21-4-2)23-14-9-10-15-24-18(25)16-11-6-7-12-17(16)19(24)26;/h6-7,11-12H,3-5,8-10,13-15H2,1-2H3,(H2,21,22,23);1H. The van der Waals surface area contributed by atoms with Crippen molar-refractivity contribution in [1.82, 2.24) is 15.5 Å². The van der Waals surface area contributed by atoms with Crippen LogP contribution >= 0.6 is 24.0 Å². The minimum Gasteiger partial charge on any atom is -0.357 e. The summed E-state index contributed by atoms with van der Waals surface area (Å²) >= 11 is 0. The van der Waals surface area contributed by atoms with E-state index in [1.165, 1.54) is 17.7 Å². The zero-order chi connectivity index (χ0) is 18.8. The topological polar surface area (TPSA) is 73.8 Å². The van der Waals surface area contributed by atoms with Gasteiger partial charge in [-0.25, -0.2) is 0 Å². The maximum atomic E-state index is 12.3. The molecule has 0 spiro atoms. The number of nitrogens with one attached hydrogen (secondary N) is 2. The SMILES string of the molecule is CCCCCN=C(NCC)NCCCCN1C(=O)c2ccccc2C1=O.I. The molecule has 0 radical (unpaired) electrons. The number of benzene rings is 1. The number of hydrogen-bond acceptors (Lipinski definition) is 3. The lowest BCUT2D eigenvalue weighted by molar-refractivity contribution is 0.0652. The number of carbonyl (C=O) groups excluding carboxylic acids is 2. The molecule has 2 amide bonds. The molecule has 1 heterocycles. The fourth-order valence-electron chi connectivity index (χ4n) is 2.94. The maximum absolute atomic E-state index is 12.3. The van der Waals surface area contributed by atoms with Gasteiger partial charge in [0.2, 0.25) is 0 Å². The molecule has 0 aliphatic carbocycles. The van der Waals surface area contributed by atoms with E-state index in [-0.39, 0.29) is 35.8 Å². The van der Waals surface area contributed by atoms with Crippen molar-refractivity contribution in [2.24, 2.45) is 4.99 Å². The van der Waals surface area contributed by atoms with Crippen molar-refractivity contribution < 1.29 is 9.59 Å². The molecule has 0 unspecified atom stereocenters. The predicted octanol–water partition coefficient (Wildman–Crippen LogP) is 3.43. The molecule has 0 atom stereocenters. The summed E-state index contributed by atoms with van der Waals surface area (Å²) in [6, 6.07) is 7.02. The summed E-state index contributed by atoms with van der Waals surface area (Å²) in [5.74, 6) is 0.484. The number of hydrogen-bond donors (Lipinski definition) is 2. The lowest BCUT2D eigenvalue weighted by Crippen LogP contribution is -2.38. The summed E-state index contributed by atoms with van der Waals surface area (Å²) in [5.41, 5.74) is 1.04. The molecule has 1 aromatic carbocycles. The Morgan fingerprint density at radius 2 is 1.63 bits per heavy atom. The molecule has 7 heteroatoms. The van der Waals surface area contributed by atoms with Gasteiger partial charge in [0.1, 0.15) is 0 Å². The monoisotopic (exact) mass is 486 g/mol. The predicted molar refractivity (Wildman–Crippen MR) is 120 cm³/mol. The van der Waals surface area contributed by atoms with Crippen LogP contribution in [0, 0.1) is 0 Å². The van der Waals surface area contributed by atoms with E-state index in [4.69, 9.17) is 0 Å². The van der Waals surface area contributed by atoms with Crippen LogP contribution < -0.4 is 10.6 Å². The highest BCUT2D eigenvalue weighted by Crippen LogP contribution is 2.22. The third kappa shape index (κ3) is 6.79. The largest absolute Gasteiger partial charge is 0.357 e. The summed E-state index contributed by atoms with van der Waals surface area (Å²) < 4.78 is 0. The van der Waals surface area contributed by atoms with Crippen molar-refractivity contribution >= 4 is 41.8 Å². The normalized spacial score (nSPS) is 13.4. The molecule has 2 rings (SSSR count). The van der Waals surface area contributed by atoms with Crippen LogP contribution in [0.5, 0.6) is 0 Å². The first-order valence-corrected chi connectivity index (χ1v) is 9.66. The van der Waals surface area contributed by atoms with Crippen LogP contribution in [0.4, 0.5) is 0 Å². The van der Waals surface area contributed by atoms with Gasteiger partial charge in [-0.15, -0.1) is 24.0 Å². The first kappa shape index (κ1) is 23.4. The molecule has 1 aromatic rings. The zero-order valence-corrected chi connectivity index (χ0v) is 18.6. The molecule has 0 bridgehead atoms. The molecule has 0 saturated heterocycles. The van der Waals surface area contributed by atoms with Crippen molar-refractivity contribution in [3.05, 3.63) is 35.4 Å². The van der Waals surface area contributed by atoms with Gasteiger partial charge in [-0.05, 0) is 38.3 Å². The smallest absolute Gasteiger partial charge is 0.261 e. The Morgan fingerprint density at radius 3 is 2.22 bits per heavy atom. The average molecular weight is 486 g/mol. The first-order valence-electron chi connectivity index (χ1n) is 9.66. The van der Waals surface area contributed by atoms with E-state index in [1.54, 1.807) is 24.3 Å². The molecule has 0 fully saturated rings. The molecular weight excluding hydrogens is 455 g/mol. The highest BCUT2D eigenvalue weighted by atomic mass is 127. The van der Waals surface area contributed by atoms with E-state index < -0.39 is 0 Å². The van der Waals surface area contributed by atoms with Crippen LogP contribution in [0.15, 0.2) is 29.3 Å². The number of halogens is 1. The van der Waals surface area contributed by atoms with E-state index in [0.29, 0.717) is 17.7 Å². The lowest BCUT2D eigenvalue weighted by atomic mass is 10.1. The van der Waals surface area contributed by atoms with Gasteiger partial charge >= 0.3 is 0 Å². The van der Waals surface area contributed by atoms with Crippen LogP contribution in [0.25, 0.3) is 0 Å². The number of rotatable bonds is 10. The summed E-state index contributed by atoms with van der Waals surface area (Å²) in [7, 11) is 0. The van der Waals surface area contributed by atoms with Crippen molar-refractivity contribution in [3.8, 4) is 0 Å². The lowest BCUT2D eigenvalue weighted by Gasteiger charge is -2.14. The minimum absolute atomic E-state index is 0. The molecular formula is C20H31IN4O2. The fraction of sp³-hybridized carbons (Fsp3) is 0.550. The first-order chi connectivity index (χ1) is 12.7. The maximum Gasteiger partial charge on any atom is 0.261 e. The Labute approximate surface area is 179 Å². The summed E-state index contributed by atoms with van der Waals surface area (Å²) in [5, 5.41) is 6.55. The molecule has 1 aliphatic rings. The van der Waals surface area contributed by atoms with Gasteiger partial charge < -0.3 is 10.6 Å². The van der Waals surface area contributed by atoms with Gasteiger partial charge in [0.25, 0.3) is 11.8 Å². The highest BCUT2D eigenvalue weighted by molar-refractivity contribution is 14.0. The molecule has 150 valence electrons. The number of guanidine groups is 1. The van der Waals surface area contributed by atoms with E-state index >= 15 is 0 Å². The number of imide groups is 1. The number of unbranched alkanes of at least 4 members (excludes halogenated alkanes) is 3.